The molecule has 0 unspecified atom stereocenters. The molecule has 2 heterocycles. The molecule has 0 aliphatic carbocycles. The number of aromatic nitrogens is 3. The minimum absolute atomic E-state index is 0.109. The van der Waals surface area contributed by atoms with Gasteiger partial charge >= 0.3 is 0 Å². The summed E-state index contributed by atoms with van der Waals surface area (Å²) in [5.41, 5.74) is 5.10. The number of anilines is 1. The molecule has 18 heavy (non-hydrogen) atoms. The van der Waals surface area contributed by atoms with Crippen molar-refractivity contribution in [3.05, 3.63) is 37.7 Å². The fraction of sp³-hybridized carbons (Fsp3) is 0. The first kappa shape index (κ1) is 13.5. The molecule has 0 fully saturated rings. The van der Waals surface area contributed by atoms with Crippen molar-refractivity contribution < 1.29 is 0 Å². The van der Waals surface area contributed by atoms with Gasteiger partial charge in [0.1, 0.15) is 16.0 Å². The van der Waals surface area contributed by atoms with Crippen molar-refractivity contribution in [2.75, 3.05) is 5.73 Å². The van der Waals surface area contributed by atoms with E-state index in [0.717, 1.165) is 11.8 Å². The highest BCUT2D eigenvalue weighted by Crippen LogP contribution is 2.33. The van der Waals surface area contributed by atoms with Gasteiger partial charge in [0.05, 0.1) is 10.0 Å². The Morgan fingerprint density at radius 2 is 1.89 bits per heavy atom. The summed E-state index contributed by atoms with van der Waals surface area (Å²) in [4.78, 5) is 21.6. The molecule has 3 N–H and O–H groups in total. The molecule has 9 heteroatoms. The van der Waals surface area contributed by atoms with Crippen molar-refractivity contribution in [1.29, 1.82) is 0 Å². The average Bonchev–Trinajstić information content (AvgIpc) is 2.24. The van der Waals surface area contributed by atoms with Gasteiger partial charge in [-0.25, -0.2) is 9.97 Å². The van der Waals surface area contributed by atoms with E-state index in [1.165, 1.54) is 12.1 Å². The van der Waals surface area contributed by atoms with Gasteiger partial charge in [0, 0.05) is 6.07 Å². The van der Waals surface area contributed by atoms with Gasteiger partial charge in [0.2, 0.25) is 0 Å². The number of aromatic amines is 1. The van der Waals surface area contributed by atoms with Gasteiger partial charge in [0.15, 0.2) is 5.16 Å². The highest BCUT2D eigenvalue weighted by atomic mass is 35.5. The van der Waals surface area contributed by atoms with Gasteiger partial charge < -0.3 is 10.7 Å². The van der Waals surface area contributed by atoms with E-state index in [4.69, 9.17) is 40.5 Å². The Labute approximate surface area is 121 Å². The maximum atomic E-state index is 11.2. The summed E-state index contributed by atoms with van der Waals surface area (Å²) < 4.78 is 0. The van der Waals surface area contributed by atoms with Crippen molar-refractivity contribution in [3.8, 4) is 0 Å². The van der Waals surface area contributed by atoms with Crippen LogP contribution in [0.25, 0.3) is 0 Å². The monoisotopic (exact) mass is 322 g/mol. The Morgan fingerprint density at radius 3 is 2.56 bits per heavy atom. The van der Waals surface area contributed by atoms with Crippen molar-refractivity contribution in [1.82, 2.24) is 15.0 Å². The van der Waals surface area contributed by atoms with E-state index >= 15 is 0 Å². The summed E-state index contributed by atoms with van der Waals surface area (Å²) in [5.74, 6) is 0.109. The number of nitrogens with zero attached hydrogens (tertiary/aromatic N) is 2. The number of pyridine rings is 1. The largest absolute Gasteiger partial charge is 0.383 e. The first-order chi connectivity index (χ1) is 8.45. The molecule has 0 amide bonds. The molecule has 2 aromatic rings. The van der Waals surface area contributed by atoms with E-state index in [9.17, 15) is 4.79 Å². The number of hydrogen-bond acceptors (Lipinski definition) is 5. The third-order valence-electron chi connectivity index (χ3n) is 1.79. The number of nitrogens with two attached hydrogens (primary N) is 1. The fourth-order valence-electron chi connectivity index (χ4n) is 1.09. The number of H-pyrrole nitrogens is 1. The van der Waals surface area contributed by atoms with E-state index in [-0.39, 0.29) is 26.7 Å². The van der Waals surface area contributed by atoms with Crippen LogP contribution in [0.4, 0.5) is 5.82 Å². The molecule has 94 valence electrons. The maximum Gasteiger partial charge on any atom is 0.253 e. The van der Waals surface area contributed by atoms with E-state index < -0.39 is 0 Å². The zero-order valence-corrected chi connectivity index (χ0v) is 11.7. The van der Waals surface area contributed by atoms with E-state index in [0.29, 0.717) is 10.0 Å². The molecule has 5 nitrogen and oxygen atoms in total. The Bertz CT molecular complexity index is 661. The lowest BCUT2D eigenvalue weighted by Crippen LogP contribution is -2.09. The van der Waals surface area contributed by atoms with Crippen molar-refractivity contribution in [3.63, 3.8) is 0 Å². The normalized spacial score (nSPS) is 10.6. The van der Waals surface area contributed by atoms with Crippen molar-refractivity contribution in [2.24, 2.45) is 0 Å². The summed E-state index contributed by atoms with van der Waals surface area (Å²) in [7, 11) is 0. The van der Waals surface area contributed by atoms with Gasteiger partial charge in [-0.1, -0.05) is 34.8 Å². The Hall–Kier alpha value is -0.950. The maximum absolute atomic E-state index is 11.2. The lowest BCUT2D eigenvalue weighted by Gasteiger charge is -2.04. The zero-order valence-electron chi connectivity index (χ0n) is 8.58. The number of hydrogen-bond donors (Lipinski definition) is 2. The highest BCUT2D eigenvalue weighted by molar-refractivity contribution is 7.99. The molecule has 0 aliphatic heterocycles. The molecule has 2 rings (SSSR count). The number of nitrogen functional groups attached to an aromatic ring is 1. The van der Waals surface area contributed by atoms with Gasteiger partial charge in [-0.3, -0.25) is 4.79 Å². The summed E-state index contributed by atoms with van der Waals surface area (Å²) in [6, 6.07) is 2.64. The molecule has 0 aromatic carbocycles. The Balaban J connectivity index is 2.39. The lowest BCUT2D eigenvalue weighted by atomic mass is 10.5. The average molecular weight is 324 g/mol. The van der Waals surface area contributed by atoms with Crippen LogP contribution in [0.15, 0.2) is 27.1 Å². The van der Waals surface area contributed by atoms with E-state index in [2.05, 4.69) is 15.0 Å². The smallest absolute Gasteiger partial charge is 0.253 e. The van der Waals surface area contributed by atoms with Crippen LogP contribution < -0.4 is 11.3 Å². The molecule has 0 saturated heterocycles. The topological polar surface area (TPSA) is 84.7 Å². The van der Waals surface area contributed by atoms with Gasteiger partial charge in [0.25, 0.3) is 5.56 Å². The van der Waals surface area contributed by atoms with Crippen LogP contribution in [-0.4, -0.2) is 15.0 Å². The molecule has 0 aliphatic rings. The number of nitrogens with one attached hydrogen (secondary N) is 1. The standard InChI is InChI=1S/C9H5Cl3N4OS/c10-3-1-4(11)8(16-7(3)12)18-9-14-5(13)2-6(17)15-9/h1-2H,(H3,13,14,15,17). The minimum Gasteiger partial charge on any atom is -0.383 e. The van der Waals surface area contributed by atoms with Crippen LogP contribution in [-0.2, 0) is 0 Å². The quantitative estimate of drug-likeness (QED) is 0.656. The molecule has 0 radical (unpaired) electrons. The Kier molecular flexibility index (Phi) is 4.01. The molecular weight excluding hydrogens is 319 g/mol. The molecule has 0 spiro atoms. The second-order valence-electron chi connectivity index (χ2n) is 3.13. The first-order valence-corrected chi connectivity index (χ1v) is 6.47. The summed E-state index contributed by atoms with van der Waals surface area (Å²) in [6.45, 7) is 0. The predicted octanol–water partition coefficient (Wildman–Crippen LogP) is 2.86. The molecular formula is C9H5Cl3N4OS. The first-order valence-electron chi connectivity index (χ1n) is 4.52. The van der Waals surface area contributed by atoms with Crippen LogP contribution in [0.3, 0.4) is 0 Å². The number of halogens is 3. The van der Waals surface area contributed by atoms with Crippen LogP contribution in [0.2, 0.25) is 15.2 Å². The number of rotatable bonds is 2. The molecule has 0 saturated carbocycles. The van der Waals surface area contributed by atoms with Crippen LogP contribution in [0, 0.1) is 0 Å². The third-order valence-corrected chi connectivity index (χ3v) is 3.75. The second-order valence-corrected chi connectivity index (χ2v) is 5.28. The van der Waals surface area contributed by atoms with Crippen molar-refractivity contribution in [2.45, 2.75) is 10.2 Å². The van der Waals surface area contributed by atoms with Crippen molar-refractivity contribution >= 4 is 52.4 Å². The zero-order chi connectivity index (χ0) is 13.3. The summed E-state index contributed by atoms with van der Waals surface area (Å²) in [6.07, 6.45) is 0. The SMILES string of the molecule is Nc1cc(=O)[nH]c(Sc2nc(Cl)c(Cl)cc2Cl)n1. The van der Waals surface area contributed by atoms with Crippen LogP contribution in [0.1, 0.15) is 0 Å². The molecule has 0 atom stereocenters. The second kappa shape index (κ2) is 5.36. The van der Waals surface area contributed by atoms with E-state index in [1.807, 2.05) is 0 Å². The Morgan fingerprint density at radius 1 is 1.17 bits per heavy atom. The van der Waals surface area contributed by atoms with Crippen LogP contribution >= 0.6 is 46.6 Å². The summed E-state index contributed by atoms with van der Waals surface area (Å²) in [5, 5.41) is 1.32. The fourth-order valence-corrected chi connectivity index (χ4v) is 2.54. The molecule has 0 bridgehead atoms. The predicted molar refractivity (Wildman–Crippen MR) is 72.7 cm³/mol. The van der Waals surface area contributed by atoms with E-state index in [1.54, 1.807) is 0 Å². The third kappa shape index (κ3) is 3.08. The molecule has 2 aromatic heterocycles. The van der Waals surface area contributed by atoms with Gasteiger partial charge in [-0.2, -0.15) is 0 Å². The van der Waals surface area contributed by atoms with Gasteiger partial charge in [-0.15, -0.1) is 0 Å². The minimum atomic E-state index is -0.360. The highest BCUT2D eigenvalue weighted by Gasteiger charge is 2.11. The van der Waals surface area contributed by atoms with Crippen LogP contribution in [0.5, 0.6) is 0 Å². The van der Waals surface area contributed by atoms with Gasteiger partial charge in [-0.05, 0) is 17.8 Å². The summed E-state index contributed by atoms with van der Waals surface area (Å²) >= 11 is 18.5. The lowest BCUT2D eigenvalue weighted by molar-refractivity contribution is 0.940.